The topological polar surface area (TPSA) is 127 Å². The molecule has 13 heteroatoms. The Morgan fingerprint density at radius 2 is 1.77 bits per heavy atom. The van der Waals surface area contributed by atoms with E-state index >= 15 is 0 Å². The van der Waals surface area contributed by atoms with Crippen LogP contribution in [0.3, 0.4) is 0 Å². The molecular formula is C34H35F2N5O5S. The lowest BCUT2D eigenvalue weighted by Crippen LogP contribution is -2.34. The van der Waals surface area contributed by atoms with Gasteiger partial charge in [0.05, 0.1) is 48.3 Å². The van der Waals surface area contributed by atoms with Gasteiger partial charge < -0.3 is 24.3 Å². The molecule has 1 saturated heterocycles. The number of nitriles is 1. The van der Waals surface area contributed by atoms with Crippen LogP contribution in [0.4, 0.5) is 14.5 Å². The molecule has 4 aromatic rings. The minimum atomic E-state index is -3.37. The number of hydrogen-bond donors (Lipinski definition) is 1. The van der Waals surface area contributed by atoms with E-state index in [9.17, 15) is 22.0 Å². The van der Waals surface area contributed by atoms with Gasteiger partial charge in [-0.15, -0.1) is 0 Å². The summed E-state index contributed by atoms with van der Waals surface area (Å²) in [6.45, 7) is -1.11. The second-order valence-corrected chi connectivity index (χ2v) is 13.4. The van der Waals surface area contributed by atoms with Crippen LogP contribution in [-0.2, 0) is 14.6 Å². The molecule has 1 aromatic heterocycles. The zero-order chi connectivity index (χ0) is 33.4. The summed E-state index contributed by atoms with van der Waals surface area (Å²) in [4.78, 5) is 19.4. The molecule has 0 spiro atoms. The summed E-state index contributed by atoms with van der Waals surface area (Å²) in [5, 5.41) is 12.1. The van der Waals surface area contributed by atoms with Crippen molar-refractivity contribution in [2.24, 2.45) is 0 Å². The van der Waals surface area contributed by atoms with E-state index in [1.54, 1.807) is 55.8 Å². The van der Waals surface area contributed by atoms with Crippen LogP contribution in [0.15, 0.2) is 96.4 Å². The van der Waals surface area contributed by atoms with Gasteiger partial charge in [-0.2, -0.15) is 14.0 Å². The average Bonchev–Trinajstić information content (AvgIpc) is 3.77. The summed E-state index contributed by atoms with van der Waals surface area (Å²) in [7, 11) is -3.37. The monoisotopic (exact) mass is 663 g/mol. The third kappa shape index (κ3) is 8.52. The quantitative estimate of drug-likeness (QED) is 0.182. The fraction of sp³-hybridized carbons (Fsp3) is 0.324. The van der Waals surface area contributed by atoms with E-state index < -0.39 is 22.5 Å². The zero-order valence-corrected chi connectivity index (χ0v) is 26.5. The lowest BCUT2D eigenvalue weighted by atomic mass is 10.0. The van der Waals surface area contributed by atoms with Gasteiger partial charge in [-0.25, -0.2) is 13.4 Å². The first-order valence-electron chi connectivity index (χ1n) is 15.2. The third-order valence-corrected chi connectivity index (χ3v) is 9.82. The highest BCUT2D eigenvalue weighted by atomic mass is 32.2. The van der Waals surface area contributed by atoms with Crippen molar-refractivity contribution in [2.45, 2.75) is 55.9 Å². The molecule has 5 rings (SSSR count). The first-order chi connectivity index (χ1) is 22.7. The first-order valence-corrected chi connectivity index (χ1v) is 16.8. The summed E-state index contributed by atoms with van der Waals surface area (Å²) < 4.78 is 63.2. The van der Waals surface area contributed by atoms with Crippen LogP contribution < -0.4 is 15.0 Å². The number of benzene rings is 3. The third-order valence-electron chi connectivity index (χ3n) is 8.07. The maximum Gasteiger partial charge on any atom is 0.345 e. The molecule has 0 aliphatic carbocycles. The maximum atomic E-state index is 13.3. The number of sulfone groups is 1. The van der Waals surface area contributed by atoms with Crippen LogP contribution in [0.1, 0.15) is 48.1 Å². The number of carbonyl (C=O) groups is 1. The van der Waals surface area contributed by atoms with Gasteiger partial charge in [0.15, 0.2) is 9.84 Å². The van der Waals surface area contributed by atoms with Crippen LogP contribution in [-0.4, -0.2) is 61.5 Å². The summed E-state index contributed by atoms with van der Waals surface area (Å²) in [6, 6.07) is 21.8. The molecule has 2 heterocycles. The van der Waals surface area contributed by atoms with Gasteiger partial charge in [-0.1, -0.05) is 19.1 Å². The van der Waals surface area contributed by atoms with Crippen molar-refractivity contribution < 1.29 is 31.5 Å². The second kappa shape index (κ2) is 15.2. The van der Waals surface area contributed by atoms with Crippen LogP contribution in [0.25, 0.3) is 5.69 Å². The average molecular weight is 664 g/mol. The van der Waals surface area contributed by atoms with Crippen molar-refractivity contribution in [3.8, 4) is 17.5 Å². The Morgan fingerprint density at radius 3 is 2.38 bits per heavy atom. The van der Waals surface area contributed by atoms with Gasteiger partial charge in [0.25, 0.3) is 5.91 Å². The molecule has 1 fully saturated rings. The van der Waals surface area contributed by atoms with Gasteiger partial charge in [0.2, 0.25) is 0 Å². The SMILES string of the molecule is CCS(=O)(=O)c1ccc([C@H](CCC#N)NC(=O)c2ccc(N3C[C@@H](Oc4ccc(-n5ccnc5)cc4)C[C@H]3COC(F)F)cc2)cc1. The van der Waals surface area contributed by atoms with E-state index in [2.05, 4.69) is 21.1 Å². The number of halogens is 2. The minimum Gasteiger partial charge on any atom is -0.489 e. The number of alkyl halides is 2. The number of carbonyl (C=O) groups excluding carboxylic acids is 1. The Morgan fingerprint density at radius 1 is 1.06 bits per heavy atom. The van der Waals surface area contributed by atoms with E-state index in [0.717, 1.165) is 11.4 Å². The fourth-order valence-corrected chi connectivity index (χ4v) is 6.45. The highest BCUT2D eigenvalue weighted by Gasteiger charge is 2.34. The number of anilines is 1. The molecule has 3 atom stereocenters. The number of ether oxygens (including phenoxy) is 2. The number of rotatable bonds is 14. The molecule has 0 bridgehead atoms. The van der Waals surface area contributed by atoms with Crippen LogP contribution in [0.5, 0.6) is 5.75 Å². The predicted octanol–water partition coefficient (Wildman–Crippen LogP) is 5.71. The van der Waals surface area contributed by atoms with Gasteiger partial charge in [-0.05, 0) is 72.6 Å². The van der Waals surface area contributed by atoms with E-state index in [0.29, 0.717) is 36.3 Å². The Labute approximate surface area is 272 Å². The van der Waals surface area contributed by atoms with Crippen molar-refractivity contribution in [1.82, 2.24) is 14.9 Å². The Hall–Kier alpha value is -4.80. The lowest BCUT2D eigenvalue weighted by Gasteiger charge is -2.26. The molecule has 3 aromatic carbocycles. The Balaban J connectivity index is 1.27. The fourth-order valence-electron chi connectivity index (χ4n) is 5.57. The normalized spacial score (nSPS) is 17.0. The van der Waals surface area contributed by atoms with Gasteiger partial charge >= 0.3 is 6.61 Å². The standard InChI is InChI=1S/C34H35F2N5O5S/c1-2-47(43,44)31-15-7-24(8-16-31)32(4-3-17-37)39-33(42)25-5-9-27(10-6-25)41-21-30(20-28(41)22-45-34(35)36)46-29-13-11-26(12-14-29)40-19-18-38-23-40/h5-16,18-19,23,28,30,32,34H,2-4,20-22H2,1H3,(H,39,42)/t28-,30-,32-/m0/s1. The smallest absolute Gasteiger partial charge is 0.345 e. The van der Waals surface area contributed by atoms with E-state index in [-0.39, 0.29) is 41.7 Å². The summed E-state index contributed by atoms with van der Waals surface area (Å²) in [5.41, 5.74) is 2.69. The highest BCUT2D eigenvalue weighted by molar-refractivity contribution is 7.91. The van der Waals surface area contributed by atoms with Gasteiger partial charge in [0.1, 0.15) is 11.9 Å². The zero-order valence-electron chi connectivity index (χ0n) is 25.7. The molecule has 1 N–H and O–H groups in total. The van der Waals surface area contributed by atoms with E-state index in [4.69, 9.17) is 10.00 Å². The van der Waals surface area contributed by atoms with Crippen molar-refractivity contribution in [1.29, 1.82) is 5.26 Å². The number of nitrogens with one attached hydrogen (secondary N) is 1. The van der Waals surface area contributed by atoms with E-state index in [1.807, 2.05) is 39.9 Å². The van der Waals surface area contributed by atoms with Crippen molar-refractivity contribution in [3.63, 3.8) is 0 Å². The molecule has 0 radical (unpaired) electrons. The van der Waals surface area contributed by atoms with Crippen LogP contribution >= 0.6 is 0 Å². The Bertz CT molecular complexity index is 1760. The summed E-state index contributed by atoms with van der Waals surface area (Å²) in [6.07, 6.45) is 5.92. The van der Waals surface area contributed by atoms with Crippen LogP contribution in [0.2, 0.25) is 0 Å². The number of aromatic nitrogens is 2. The molecule has 1 amide bonds. The van der Waals surface area contributed by atoms with E-state index in [1.165, 1.54) is 12.1 Å². The lowest BCUT2D eigenvalue weighted by molar-refractivity contribution is -0.131. The first kappa shape index (κ1) is 33.6. The molecule has 1 aliphatic heterocycles. The number of imidazole rings is 1. The van der Waals surface area contributed by atoms with Gasteiger partial charge in [-0.3, -0.25) is 4.79 Å². The molecule has 10 nitrogen and oxygen atoms in total. The van der Waals surface area contributed by atoms with Crippen molar-refractivity contribution in [3.05, 3.63) is 103 Å². The van der Waals surface area contributed by atoms with Crippen LogP contribution in [0, 0.1) is 11.3 Å². The number of nitrogens with zero attached hydrogens (tertiary/aromatic N) is 4. The number of hydrogen-bond acceptors (Lipinski definition) is 8. The van der Waals surface area contributed by atoms with Crippen molar-refractivity contribution in [2.75, 3.05) is 23.8 Å². The second-order valence-electron chi connectivity index (χ2n) is 11.1. The number of amides is 1. The molecular weight excluding hydrogens is 628 g/mol. The molecule has 0 saturated carbocycles. The summed E-state index contributed by atoms with van der Waals surface area (Å²) in [5.74, 6) is 0.251. The molecule has 47 heavy (non-hydrogen) atoms. The summed E-state index contributed by atoms with van der Waals surface area (Å²) >= 11 is 0. The molecule has 246 valence electrons. The molecule has 0 unspecified atom stereocenters. The maximum absolute atomic E-state index is 13.3. The molecule has 1 aliphatic rings. The largest absolute Gasteiger partial charge is 0.489 e. The van der Waals surface area contributed by atoms with Crippen molar-refractivity contribution >= 4 is 21.4 Å². The van der Waals surface area contributed by atoms with Gasteiger partial charge in [0, 0.05) is 42.2 Å². The highest BCUT2D eigenvalue weighted by Crippen LogP contribution is 2.30. The minimum absolute atomic E-state index is 0.0244. The Kier molecular flexibility index (Phi) is 10.8. The predicted molar refractivity (Wildman–Crippen MR) is 171 cm³/mol.